The zero-order chi connectivity index (χ0) is 12.5. The van der Waals surface area contributed by atoms with Gasteiger partial charge in [-0.2, -0.15) is 0 Å². The predicted octanol–water partition coefficient (Wildman–Crippen LogP) is 2.10. The number of aromatic hydroxyl groups is 1. The third kappa shape index (κ3) is 1.79. The summed E-state index contributed by atoms with van der Waals surface area (Å²) in [5.74, 6) is -0.915. The summed E-state index contributed by atoms with van der Waals surface area (Å²) in [6.45, 7) is 0. The van der Waals surface area contributed by atoms with Gasteiger partial charge in [-0.05, 0) is 36.6 Å². The number of carboxylic acid groups (broad SMARTS) is 1. The Morgan fingerprint density at radius 2 is 1.94 bits per heavy atom. The number of carbonyl (C=O) groups excluding carboxylic acids is 1. The van der Waals surface area contributed by atoms with E-state index in [4.69, 9.17) is 0 Å². The average Bonchev–Trinajstić information content (AvgIpc) is 2.79. The molecule has 0 aromatic heterocycles. The van der Waals surface area contributed by atoms with Crippen LogP contribution in [0.1, 0.15) is 41.6 Å². The van der Waals surface area contributed by atoms with Crippen LogP contribution in [0.5, 0.6) is 5.75 Å². The van der Waals surface area contributed by atoms with E-state index in [1.165, 1.54) is 18.2 Å². The number of carbonyl (C=O) groups is 2. The lowest BCUT2D eigenvalue weighted by Gasteiger charge is -2.25. The molecule has 0 amide bonds. The summed E-state index contributed by atoms with van der Waals surface area (Å²) >= 11 is 0. The number of rotatable bonds is 3. The summed E-state index contributed by atoms with van der Waals surface area (Å²) in [5.41, 5.74) is -0.209. The maximum Gasteiger partial charge on any atom is 0.314 e. The fourth-order valence-corrected chi connectivity index (χ4v) is 2.64. The van der Waals surface area contributed by atoms with Crippen LogP contribution < -0.4 is 0 Å². The summed E-state index contributed by atoms with van der Waals surface area (Å²) in [6.07, 6.45) is 3.36. The summed E-state index contributed by atoms with van der Waals surface area (Å²) < 4.78 is 0. The lowest BCUT2D eigenvalue weighted by atomic mass is 9.77. The van der Waals surface area contributed by atoms with Gasteiger partial charge in [-0.25, -0.2) is 0 Å². The minimum atomic E-state index is -1.00. The largest absolute Gasteiger partial charge is 0.508 e. The lowest BCUT2D eigenvalue weighted by Crippen LogP contribution is -2.33. The molecule has 1 aliphatic rings. The molecule has 2 rings (SSSR count). The first kappa shape index (κ1) is 11.6. The topological polar surface area (TPSA) is 74.6 Å². The van der Waals surface area contributed by atoms with E-state index in [-0.39, 0.29) is 5.75 Å². The van der Waals surface area contributed by atoms with Crippen molar-refractivity contribution in [2.75, 3.05) is 0 Å². The average molecular weight is 234 g/mol. The number of hydrogen-bond donors (Lipinski definition) is 2. The van der Waals surface area contributed by atoms with Gasteiger partial charge in [0.05, 0.1) is 5.41 Å². The van der Waals surface area contributed by atoms with Crippen molar-refractivity contribution in [3.8, 4) is 5.75 Å². The van der Waals surface area contributed by atoms with Crippen LogP contribution in [-0.2, 0) is 10.2 Å². The van der Waals surface area contributed by atoms with Gasteiger partial charge >= 0.3 is 5.97 Å². The van der Waals surface area contributed by atoms with Crippen molar-refractivity contribution in [3.63, 3.8) is 0 Å². The number of phenolic OH excluding ortho intramolecular Hbond substituents is 1. The zero-order valence-corrected chi connectivity index (χ0v) is 9.35. The Morgan fingerprint density at radius 1 is 1.29 bits per heavy atom. The van der Waals surface area contributed by atoms with Gasteiger partial charge < -0.3 is 10.2 Å². The van der Waals surface area contributed by atoms with Crippen molar-refractivity contribution in [2.45, 2.75) is 31.1 Å². The minimum absolute atomic E-state index is 0.00174. The highest BCUT2D eigenvalue weighted by Crippen LogP contribution is 2.43. The summed E-state index contributed by atoms with van der Waals surface area (Å²) in [6, 6.07) is 4.28. The second-order valence-corrected chi connectivity index (χ2v) is 4.48. The highest BCUT2D eigenvalue weighted by atomic mass is 16.4. The van der Waals surface area contributed by atoms with Gasteiger partial charge in [0.25, 0.3) is 0 Å². The molecule has 0 radical (unpaired) electrons. The molecule has 1 aliphatic carbocycles. The molecule has 0 spiro atoms. The quantitative estimate of drug-likeness (QED) is 0.785. The Morgan fingerprint density at radius 3 is 2.47 bits per heavy atom. The van der Waals surface area contributed by atoms with Gasteiger partial charge in [-0.1, -0.05) is 12.8 Å². The number of benzene rings is 1. The molecule has 4 heteroatoms. The van der Waals surface area contributed by atoms with Crippen LogP contribution in [0.25, 0.3) is 0 Å². The van der Waals surface area contributed by atoms with E-state index in [2.05, 4.69) is 0 Å². The van der Waals surface area contributed by atoms with Crippen molar-refractivity contribution in [1.29, 1.82) is 0 Å². The van der Waals surface area contributed by atoms with Crippen LogP contribution in [-0.4, -0.2) is 22.5 Å². The van der Waals surface area contributed by atoms with E-state index in [9.17, 15) is 19.8 Å². The van der Waals surface area contributed by atoms with Crippen molar-refractivity contribution < 1.29 is 19.8 Å². The van der Waals surface area contributed by atoms with Crippen LogP contribution in [0.2, 0.25) is 0 Å². The van der Waals surface area contributed by atoms with E-state index in [1.54, 1.807) is 0 Å². The van der Waals surface area contributed by atoms with Gasteiger partial charge in [0, 0.05) is 5.56 Å². The van der Waals surface area contributed by atoms with Gasteiger partial charge in [0.15, 0.2) is 0 Å². The molecule has 1 fully saturated rings. The van der Waals surface area contributed by atoms with Crippen LogP contribution in [0.4, 0.5) is 0 Å². The number of carboxylic acids is 1. The molecule has 0 bridgehead atoms. The summed E-state index contributed by atoms with van der Waals surface area (Å²) in [7, 11) is 0. The Labute approximate surface area is 98.9 Å². The van der Waals surface area contributed by atoms with E-state index < -0.39 is 11.4 Å². The first-order chi connectivity index (χ1) is 8.10. The second-order valence-electron chi connectivity index (χ2n) is 4.48. The summed E-state index contributed by atoms with van der Waals surface area (Å²) in [5, 5.41) is 18.9. The van der Waals surface area contributed by atoms with Crippen molar-refractivity contribution in [1.82, 2.24) is 0 Å². The normalized spacial score (nSPS) is 17.9. The number of phenols is 1. The molecule has 0 atom stereocenters. The predicted molar refractivity (Wildman–Crippen MR) is 61.3 cm³/mol. The Balaban J connectivity index is 2.60. The molecule has 90 valence electrons. The molecule has 1 aromatic rings. The molecule has 4 nitrogen and oxygen atoms in total. The number of aldehydes is 1. The fourth-order valence-electron chi connectivity index (χ4n) is 2.64. The van der Waals surface area contributed by atoms with Gasteiger partial charge in [-0.15, -0.1) is 0 Å². The third-order valence-electron chi connectivity index (χ3n) is 3.55. The molecular formula is C13H14O4. The van der Waals surface area contributed by atoms with Crippen molar-refractivity contribution in [2.24, 2.45) is 0 Å². The molecule has 1 saturated carbocycles. The fraction of sp³-hybridized carbons (Fsp3) is 0.385. The molecule has 17 heavy (non-hydrogen) atoms. The standard InChI is InChI=1S/C13H14O4/c14-8-9-3-4-10(15)7-11(9)13(12(16)17)5-1-2-6-13/h3-4,7-8,15H,1-2,5-6H2,(H,16,17). The zero-order valence-electron chi connectivity index (χ0n) is 9.35. The van der Waals surface area contributed by atoms with Crippen LogP contribution >= 0.6 is 0 Å². The molecule has 0 unspecified atom stereocenters. The smallest absolute Gasteiger partial charge is 0.314 e. The van der Waals surface area contributed by atoms with E-state index in [0.29, 0.717) is 30.3 Å². The molecule has 0 saturated heterocycles. The van der Waals surface area contributed by atoms with Gasteiger partial charge in [-0.3, -0.25) is 9.59 Å². The first-order valence-corrected chi connectivity index (χ1v) is 5.62. The molecule has 2 N–H and O–H groups in total. The summed E-state index contributed by atoms with van der Waals surface area (Å²) in [4.78, 5) is 22.5. The lowest BCUT2D eigenvalue weighted by molar-refractivity contribution is -0.143. The Bertz CT molecular complexity index is 458. The van der Waals surface area contributed by atoms with Crippen LogP contribution in [0, 0.1) is 0 Å². The monoisotopic (exact) mass is 234 g/mol. The van der Waals surface area contributed by atoms with E-state index >= 15 is 0 Å². The SMILES string of the molecule is O=Cc1ccc(O)cc1C1(C(=O)O)CCCC1. The van der Waals surface area contributed by atoms with Gasteiger partial charge in [0.1, 0.15) is 12.0 Å². The maximum absolute atomic E-state index is 11.5. The minimum Gasteiger partial charge on any atom is -0.508 e. The maximum atomic E-state index is 11.5. The van der Waals surface area contributed by atoms with Gasteiger partial charge in [0.2, 0.25) is 0 Å². The highest BCUT2D eigenvalue weighted by Gasteiger charge is 2.44. The van der Waals surface area contributed by atoms with Crippen LogP contribution in [0.15, 0.2) is 18.2 Å². The van der Waals surface area contributed by atoms with Crippen LogP contribution in [0.3, 0.4) is 0 Å². The second kappa shape index (κ2) is 4.20. The first-order valence-electron chi connectivity index (χ1n) is 5.62. The van der Waals surface area contributed by atoms with E-state index in [1.807, 2.05) is 0 Å². The Hall–Kier alpha value is -1.84. The third-order valence-corrected chi connectivity index (χ3v) is 3.55. The molecular weight excluding hydrogens is 220 g/mol. The highest BCUT2D eigenvalue weighted by molar-refractivity contribution is 5.88. The molecule has 1 aromatic carbocycles. The molecule has 0 aliphatic heterocycles. The van der Waals surface area contributed by atoms with Crippen molar-refractivity contribution in [3.05, 3.63) is 29.3 Å². The Kier molecular flexibility index (Phi) is 2.88. The van der Waals surface area contributed by atoms with Crippen molar-refractivity contribution >= 4 is 12.3 Å². The number of aliphatic carboxylic acids is 1. The number of hydrogen-bond acceptors (Lipinski definition) is 3. The van der Waals surface area contributed by atoms with E-state index in [0.717, 1.165) is 12.8 Å². The molecule has 0 heterocycles.